The molecule has 518 valence electrons. The molecule has 1 aliphatic carbocycles. The predicted octanol–water partition coefficient (Wildman–Crippen LogP) is 9.53. The number of carbonyl (C=O) groups is 2. The molecular formula is C69H72N9O17S4+. The highest BCUT2D eigenvalue weighted by molar-refractivity contribution is 7.86. The average Bonchev–Trinajstić information content (AvgIpc) is 1.60. The van der Waals surface area contributed by atoms with E-state index in [0.717, 1.165) is 45.1 Å². The minimum atomic E-state index is -4.55. The van der Waals surface area contributed by atoms with Crippen molar-refractivity contribution in [1.82, 2.24) is 25.3 Å². The number of aliphatic carboxylic acids is 1. The molecule has 4 heterocycles. The van der Waals surface area contributed by atoms with Crippen LogP contribution < -0.4 is 31.6 Å². The Bertz CT molecular complexity index is 5320. The number of nitrogens with two attached hydrogens (primary N) is 1. The summed E-state index contributed by atoms with van der Waals surface area (Å²) in [5, 5.41) is 18.7. The van der Waals surface area contributed by atoms with Crippen LogP contribution in [0.1, 0.15) is 105 Å². The fraction of sp³-hybridized carbons (Fsp3) is 0.290. The first-order valence-electron chi connectivity index (χ1n) is 31.5. The van der Waals surface area contributed by atoms with Crippen LogP contribution >= 0.6 is 0 Å². The van der Waals surface area contributed by atoms with Crippen LogP contribution in [0.15, 0.2) is 177 Å². The summed E-state index contributed by atoms with van der Waals surface area (Å²) in [5.41, 5.74) is 11.7. The van der Waals surface area contributed by atoms with E-state index in [0.29, 0.717) is 95.2 Å². The number of fused-ring (bicyclic) bond motifs is 7. The Labute approximate surface area is 570 Å². The smallest absolute Gasteiger partial charge is 0.326 e. The fourth-order valence-corrected chi connectivity index (χ4v) is 15.4. The number of allylic oxidation sites excluding steroid dienone is 7. The topological polar surface area (TPSA) is 409 Å². The second-order valence-corrected chi connectivity index (χ2v) is 31.6. The zero-order valence-electron chi connectivity index (χ0n) is 54.1. The van der Waals surface area contributed by atoms with E-state index in [4.69, 9.17) is 10.5 Å². The number of amides is 1. The lowest BCUT2D eigenvalue weighted by molar-refractivity contribution is -0.438. The van der Waals surface area contributed by atoms with Gasteiger partial charge in [-0.15, -0.1) is 0 Å². The van der Waals surface area contributed by atoms with Crippen molar-refractivity contribution in [3.63, 3.8) is 0 Å². The Morgan fingerprint density at radius 3 is 2.01 bits per heavy atom. The Hall–Kier alpha value is -9.53. The van der Waals surface area contributed by atoms with E-state index in [9.17, 15) is 71.4 Å². The van der Waals surface area contributed by atoms with Crippen molar-refractivity contribution >= 4 is 114 Å². The summed E-state index contributed by atoms with van der Waals surface area (Å²) in [6.45, 7) is 8.87. The van der Waals surface area contributed by atoms with Gasteiger partial charge in [0.1, 0.15) is 24.1 Å². The van der Waals surface area contributed by atoms with Crippen LogP contribution in [-0.2, 0) is 69.1 Å². The maximum Gasteiger partial charge on any atom is 0.326 e. The van der Waals surface area contributed by atoms with Crippen molar-refractivity contribution in [2.45, 2.75) is 112 Å². The van der Waals surface area contributed by atoms with Crippen molar-refractivity contribution < 1.29 is 75.9 Å². The molecular weight excluding hydrogens is 1360 g/mol. The zero-order valence-corrected chi connectivity index (χ0v) is 57.4. The summed E-state index contributed by atoms with van der Waals surface area (Å²) < 4.78 is 145. The van der Waals surface area contributed by atoms with Crippen LogP contribution in [0, 0.1) is 0 Å². The number of nitrogen functional groups attached to an aromatic ring is 1. The van der Waals surface area contributed by atoms with Gasteiger partial charge in [0.15, 0.2) is 16.9 Å². The highest BCUT2D eigenvalue weighted by atomic mass is 32.2. The van der Waals surface area contributed by atoms with Crippen molar-refractivity contribution in [3.05, 3.63) is 201 Å². The number of aromatic amines is 1. The maximum absolute atomic E-state index is 13.6. The average molecular weight is 1430 g/mol. The van der Waals surface area contributed by atoms with E-state index in [1.54, 1.807) is 60.7 Å². The molecule has 11 rings (SSSR count). The Kier molecular flexibility index (Phi) is 19.8. The standard InChI is InChI=1S/C69H71N9O17S4/c1-68(2)57(77(32-5-7-34-96(83,84)85)55-28-16-45-37-50(98(89,90)91)24-26-52(45)59(55)68)30-18-42-10-9-11-43(19-31-58-69(3,4)60-53-27-25-51(99(92,93)94)38-46(53)17-29-56(60)78(58)33-6-8-35-97(86,87)88)62(42)95-49-22-12-41(13-23-49)36-54(66(81)82)74-64(79)44-14-20-47(21-15-44)71-39-48-40-72-63-61(73-48)65(80)76-67(70)75-63/h12-31,37-38,40,54H,5-11,32-36,39H2,1-4H3,(H9-,70,71,72,74,75,76,79,80,81,82,83,84,85,86,87,88,89,90,91,92,93,94)/p+1. The molecule has 30 heteroatoms. The number of hydrogen-bond acceptors (Lipinski definition) is 18. The molecule has 0 saturated carbocycles. The Morgan fingerprint density at radius 2 is 1.37 bits per heavy atom. The number of unbranched alkanes of at least 4 members (excludes halogenated alkanes) is 2. The van der Waals surface area contributed by atoms with Crippen LogP contribution in [0.25, 0.3) is 32.7 Å². The normalized spacial score (nSPS) is 16.7. The number of hydrogen-bond donors (Lipinski definition) is 9. The summed E-state index contributed by atoms with van der Waals surface area (Å²) in [7, 11) is -17.6. The lowest BCUT2D eigenvalue weighted by Crippen LogP contribution is -2.42. The molecule has 6 aromatic carbocycles. The van der Waals surface area contributed by atoms with Crippen LogP contribution in [-0.4, -0.2) is 130 Å². The quantitative estimate of drug-likeness (QED) is 0.0146. The van der Waals surface area contributed by atoms with Crippen molar-refractivity contribution in [3.8, 4) is 5.75 Å². The molecule has 3 aliphatic rings. The summed E-state index contributed by atoms with van der Waals surface area (Å²) in [6.07, 6.45) is 11.9. The van der Waals surface area contributed by atoms with Gasteiger partial charge in [0, 0.05) is 65.1 Å². The predicted molar refractivity (Wildman–Crippen MR) is 374 cm³/mol. The summed E-state index contributed by atoms with van der Waals surface area (Å²) in [4.78, 5) is 55.2. The van der Waals surface area contributed by atoms with Gasteiger partial charge in [0.25, 0.3) is 51.9 Å². The summed E-state index contributed by atoms with van der Waals surface area (Å²) in [6, 6.07) is 27.7. The molecule has 0 radical (unpaired) electrons. The number of aromatic nitrogens is 4. The van der Waals surface area contributed by atoms with Crippen molar-refractivity contribution in [1.29, 1.82) is 0 Å². The van der Waals surface area contributed by atoms with Gasteiger partial charge in [-0.1, -0.05) is 50.3 Å². The van der Waals surface area contributed by atoms with Gasteiger partial charge < -0.3 is 31.1 Å². The first-order chi connectivity index (χ1) is 46.6. The van der Waals surface area contributed by atoms with Crippen molar-refractivity contribution in [2.24, 2.45) is 0 Å². The molecule has 26 nitrogen and oxygen atoms in total. The molecule has 1 amide bonds. The van der Waals surface area contributed by atoms with Gasteiger partial charge in [-0.3, -0.25) is 32.8 Å². The third kappa shape index (κ3) is 15.8. The van der Waals surface area contributed by atoms with E-state index in [1.165, 1.54) is 42.6 Å². The minimum Gasteiger partial charge on any atom is -0.480 e. The molecule has 1 unspecified atom stereocenters. The number of anilines is 3. The highest BCUT2D eigenvalue weighted by Crippen LogP contribution is 2.52. The molecule has 10 N–H and O–H groups in total. The molecule has 0 bridgehead atoms. The number of rotatable bonds is 25. The number of ether oxygens (including phenoxy) is 1. The van der Waals surface area contributed by atoms with E-state index in [-0.39, 0.29) is 58.3 Å². The van der Waals surface area contributed by atoms with E-state index in [2.05, 4.69) is 40.0 Å². The van der Waals surface area contributed by atoms with Crippen LogP contribution in [0.4, 0.5) is 23.0 Å². The number of nitrogens with one attached hydrogen (secondary N) is 3. The lowest BCUT2D eigenvalue weighted by atomic mass is 9.78. The fourth-order valence-electron chi connectivity index (χ4n) is 13.2. The summed E-state index contributed by atoms with van der Waals surface area (Å²) >= 11 is 0. The molecule has 2 aromatic heterocycles. The van der Waals surface area contributed by atoms with Crippen LogP contribution in [0.3, 0.4) is 0 Å². The largest absolute Gasteiger partial charge is 0.480 e. The van der Waals surface area contributed by atoms with Gasteiger partial charge in [-0.25, -0.2) is 14.8 Å². The number of carboxylic acid groups (broad SMARTS) is 1. The van der Waals surface area contributed by atoms with Gasteiger partial charge in [-0.05, 0) is 181 Å². The second-order valence-electron chi connectivity index (χ2n) is 25.6. The van der Waals surface area contributed by atoms with E-state index < -0.39 is 86.3 Å². The molecule has 0 fully saturated rings. The Balaban J connectivity index is 0.930. The first-order valence-corrected chi connectivity index (χ1v) is 37.6. The maximum atomic E-state index is 13.6. The van der Waals surface area contributed by atoms with Crippen molar-refractivity contribution in [2.75, 3.05) is 40.5 Å². The van der Waals surface area contributed by atoms with Gasteiger partial charge >= 0.3 is 5.97 Å². The van der Waals surface area contributed by atoms with Gasteiger partial charge in [0.05, 0.1) is 45.1 Å². The molecule has 0 spiro atoms. The number of nitrogens with zero attached hydrogens (tertiary/aromatic N) is 5. The molecule has 0 saturated heterocycles. The SMILES string of the molecule is CC1(C)C(=C/C=C2\CCCC(/C=C/C3=[N+](CCCCS(=O)(=O)O)c4ccc5cc(S(=O)(=O)O)ccc5c4C3(C)C)=C2Oc2ccc(CC(NC(=O)c3ccc(NCc4cnc5nc(N)[nH]c(=O)c5n4)cc3)C(=O)O)cc2)N(CCCCS(=O)(=O)O)c2ccc3cc(S(=O)(=O)O)ccc3c21. The van der Waals surface area contributed by atoms with E-state index >= 15 is 0 Å². The number of benzene rings is 6. The third-order valence-electron chi connectivity index (χ3n) is 17.9. The third-order valence-corrected chi connectivity index (χ3v) is 21.3. The van der Waals surface area contributed by atoms with Crippen LogP contribution in [0.2, 0.25) is 0 Å². The second kappa shape index (κ2) is 27.6. The number of carboxylic acids is 1. The minimum absolute atomic E-state index is 0.0152. The van der Waals surface area contributed by atoms with Gasteiger partial charge in [0.2, 0.25) is 11.6 Å². The monoisotopic (exact) mass is 1430 g/mol. The first kappa shape index (κ1) is 70.8. The lowest BCUT2D eigenvalue weighted by Gasteiger charge is -2.28. The summed E-state index contributed by atoms with van der Waals surface area (Å²) in [5.74, 6) is -2.07. The highest BCUT2D eigenvalue weighted by Gasteiger charge is 2.46. The molecule has 8 aromatic rings. The molecule has 2 aliphatic heterocycles. The zero-order chi connectivity index (χ0) is 71.1. The Morgan fingerprint density at radius 1 is 0.737 bits per heavy atom. The van der Waals surface area contributed by atoms with Crippen LogP contribution in [0.5, 0.6) is 5.75 Å². The van der Waals surface area contributed by atoms with E-state index in [1.807, 2.05) is 64.1 Å². The van der Waals surface area contributed by atoms with Gasteiger partial charge in [-0.2, -0.15) is 43.2 Å². The molecule has 1 atom stereocenters. The molecule has 99 heavy (non-hydrogen) atoms. The number of carbonyl (C=O) groups excluding carboxylic acids is 1. The number of H-pyrrole nitrogens is 1.